The van der Waals surface area contributed by atoms with Crippen LogP contribution in [0.3, 0.4) is 0 Å². The average molecular weight is 270 g/mol. The van der Waals surface area contributed by atoms with Crippen LogP contribution < -0.4 is 5.32 Å². The molecule has 0 aromatic carbocycles. The highest BCUT2D eigenvalue weighted by molar-refractivity contribution is 8.00. The van der Waals surface area contributed by atoms with Crippen molar-refractivity contribution in [1.82, 2.24) is 10.2 Å². The molecule has 2 rings (SSSR count). The normalized spacial score (nSPS) is 38.8. The van der Waals surface area contributed by atoms with Gasteiger partial charge in [-0.2, -0.15) is 11.8 Å². The highest BCUT2D eigenvalue weighted by Gasteiger charge is 2.35. The number of thioether (sulfide) groups is 1. The topological polar surface area (TPSA) is 15.3 Å². The first-order valence-corrected chi connectivity index (χ1v) is 8.66. The van der Waals surface area contributed by atoms with E-state index in [1.807, 2.05) is 0 Å². The Balaban J connectivity index is 1.95. The summed E-state index contributed by atoms with van der Waals surface area (Å²) in [6.07, 6.45) is 5.52. The lowest BCUT2D eigenvalue weighted by atomic mass is 9.76. The number of rotatable bonds is 4. The molecule has 2 fully saturated rings. The highest BCUT2D eigenvalue weighted by Crippen LogP contribution is 2.35. The van der Waals surface area contributed by atoms with E-state index in [0.29, 0.717) is 5.41 Å². The van der Waals surface area contributed by atoms with E-state index in [1.165, 1.54) is 58.4 Å². The van der Waals surface area contributed by atoms with Crippen LogP contribution in [0.15, 0.2) is 0 Å². The Hall–Kier alpha value is 0.270. The number of piperidine rings is 1. The minimum absolute atomic E-state index is 0.564. The molecule has 1 N–H and O–H groups in total. The van der Waals surface area contributed by atoms with Gasteiger partial charge in [-0.05, 0) is 31.2 Å². The molecule has 3 heteroatoms. The molecule has 3 atom stereocenters. The van der Waals surface area contributed by atoms with Crippen LogP contribution >= 0.6 is 11.8 Å². The van der Waals surface area contributed by atoms with Crippen molar-refractivity contribution in [1.29, 1.82) is 0 Å². The molecular formula is C15H30N2S. The number of hydrogen-bond acceptors (Lipinski definition) is 3. The van der Waals surface area contributed by atoms with Crippen molar-refractivity contribution in [2.75, 3.05) is 32.7 Å². The van der Waals surface area contributed by atoms with E-state index in [1.54, 1.807) is 0 Å². The lowest BCUT2D eigenvalue weighted by Gasteiger charge is -2.44. The zero-order valence-corrected chi connectivity index (χ0v) is 13.2. The molecule has 0 radical (unpaired) electrons. The summed E-state index contributed by atoms with van der Waals surface area (Å²) in [5.41, 5.74) is 0.564. The quantitative estimate of drug-likeness (QED) is 0.845. The van der Waals surface area contributed by atoms with Crippen LogP contribution in [0.1, 0.15) is 46.5 Å². The molecule has 0 spiro atoms. The van der Waals surface area contributed by atoms with Gasteiger partial charge in [0.25, 0.3) is 0 Å². The molecule has 0 amide bonds. The van der Waals surface area contributed by atoms with E-state index in [9.17, 15) is 0 Å². The Bertz CT molecular complexity index is 235. The number of nitrogens with one attached hydrogen (secondary N) is 1. The lowest BCUT2D eigenvalue weighted by Crippen LogP contribution is -2.51. The molecule has 3 unspecified atom stereocenters. The van der Waals surface area contributed by atoms with Gasteiger partial charge in [0.15, 0.2) is 0 Å². The van der Waals surface area contributed by atoms with Crippen molar-refractivity contribution in [3.05, 3.63) is 0 Å². The first-order valence-electron chi connectivity index (χ1n) is 7.72. The molecule has 0 aromatic heterocycles. The van der Waals surface area contributed by atoms with Crippen molar-refractivity contribution in [3.8, 4) is 0 Å². The summed E-state index contributed by atoms with van der Waals surface area (Å²) < 4.78 is 0. The van der Waals surface area contributed by atoms with Gasteiger partial charge in [-0.1, -0.05) is 27.2 Å². The van der Waals surface area contributed by atoms with Gasteiger partial charge in [0.2, 0.25) is 0 Å². The molecule has 18 heavy (non-hydrogen) atoms. The molecule has 2 saturated heterocycles. The molecular weight excluding hydrogens is 240 g/mol. The highest BCUT2D eigenvalue weighted by atomic mass is 32.2. The average Bonchev–Trinajstić information content (AvgIpc) is 2.28. The second-order valence-electron chi connectivity index (χ2n) is 6.48. The Morgan fingerprint density at radius 2 is 2.00 bits per heavy atom. The lowest BCUT2D eigenvalue weighted by molar-refractivity contribution is 0.105. The first-order chi connectivity index (χ1) is 8.63. The fraction of sp³-hybridized carbons (Fsp3) is 1.00. The van der Waals surface area contributed by atoms with Crippen LogP contribution in [0.2, 0.25) is 0 Å². The predicted molar refractivity (Wildman–Crippen MR) is 82.4 cm³/mol. The van der Waals surface area contributed by atoms with Gasteiger partial charge >= 0.3 is 0 Å². The summed E-state index contributed by atoms with van der Waals surface area (Å²) in [6.45, 7) is 13.5. The molecule has 0 bridgehead atoms. The van der Waals surface area contributed by atoms with Gasteiger partial charge < -0.3 is 10.2 Å². The van der Waals surface area contributed by atoms with E-state index >= 15 is 0 Å². The van der Waals surface area contributed by atoms with Crippen LogP contribution in [0, 0.1) is 5.41 Å². The first kappa shape index (κ1) is 14.7. The third-order valence-corrected chi connectivity index (χ3v) is 5.62. The number of hydrogen-bond donors (Lipinski definition) is 1. The third kappa shape index (κ3) is 3.88. The molecule has 106 valence electrons. The maximum atomic E-state index is 3.64. The zero-order valence-electron chi connectivity index (χ0n) is 12.4. The molecule has 2 aliphatic rings. The molecule has 0 aliphatic carbocycles. The van der Waals surface area contributed by atoms with Gasteiger partial charge in [-0.15, -0.1) is 0 Å². The van der Waals surface area contributed by atoms with Crippen molar-refractivity contribution in [2.45, 2.75) is 57.0 Å². The summed E-state index contributed by atoms with van der Waals surface area (Å²) in [5, 5.41) is 5.26. The maximum Gasteiger partial charge on any atom is 0.0149 e. The van der Waals surface area contributed by atoms with Crippen LogP contribution in [0.4, 0.5) is 0 Å². The van der Waals surface area contributed by atoms with E-state index in [-0.39, 0.29) is 0 Å². The van der Waals surface area contributed by atoms with Crippen LogP contribution in [-0.4, -0.2) is 48.1 Å². The van der Waals surface area contributed by atoms with Crippen molar-refractivity contribution < 1.29 is 0 Å². The summed E-state index contributed by atoms with van der Waals surface area (Å²) in [7, 11) is 0. The van der Waals surface area contributed by atoms with Crippen molar-refractivity contribution >= 4 is 11.8 Å². The minimum Gasteiger partial charge on any atom is -0.316 e. The zero-order chi connectivity index (χ0) is 13.0. The monoisotopic (exact) mass is 270 g/mol. The standard InChI is InChI=1S/C15H30N2S/c1-4-6-15(7-5-8-16-11-15)12-17-9-13(2)18-14(3)10-17/h13-14,16H,4-12H2,1-3H3. The molecule has 0 aromatic rings. The summed E-state index contributed by atoms with van der Waals surface area (Å²) in [6, 6.07) is 0. The molecule has 2 heterocycles. The fourth-order valence-corrected chi connectivity index (χ4v) is 5.26. The smallest absolute Gasteiger partial charge is 0.0149 e. The summed E-state index contributed by atoms with van der Waals surface area (Å²) in [5.74, 6) is 0. The second-order valence-corrected chi connectivity index (χ2v) is 8.36. The molecule has 2 aliphatic heterocycles. The van der Waals surface area contributed by atoms with Crippen LogP contribution in [-0.2, 0) is 0 Å². The molecule has 0 saturated carbocycles. The SMILES string of the molecule is CCCC1(CN2CC(C)SC(C)C2)CCCNC1. The van der Waals surface area contributed by atoms with Gasteiger partial charge in [-0.3, -0.25) is 0 Å². The van der Waals surface area contributed by atoms with E-state index in [2.05, 4.69) is 42.7 Å². The largest absolute Gasteiger partial charge is 0.316 e. The minimum atomic E-state index is 0.564. The van der Waals surface area contributed by atoms with Gasteiger partial charge in [-0.25, -0.2) is 0 Å². The van der Waals surface area contributed by atoms with E-state index in [0.717, 1.165) is 10.5 Å². The summed E-state index contributed by atoms with van der Waals surface area (Å²) >= 11 is 2.16. The van der Waals surface area contributed by atoms with Crippen molar-refractivity contribution in [2.24, 2.45) is 5.41 Å². The van der Waals surface area contributed by atoms with Gasteiger partial charge in [0.1, 0.15) is 0 Å². The van der Waals surface area contributed by atoms with E-state index < -0.39 is 0 Å². The second kappa shape index (κ2) is 6.62. The molecule has 2 nitrogen and oxygen atoms in total. The Labute approximate surface area is 117 Å². The fourth-order valence-electron chi connectivity index (χ4n) is 3.88. The number of nitrogens with zero attached hydrogens (tertiary/aromatic N) is 1. The van der Waals surface area contributed by atoms with Crippen molar-refractivity contribution in [3.63, 3.8) is 0 Å². The van der Waals surface area contributed by atoms with Gasteiger partial charge in [0.05, 0.1) is 0 Å². The Morgan fingerprint density at radius 1 is 1.28 bits per heavy atom. The predicted octanol–water partition coefficient (Wildman–Crippen LogP) is 2.98. The van der Waals surface area contributed by atoms with E-state index in [4.69, 9.17) is 0 Å². The Kier molecular flexibility index (Phi) is 5.40. The summed E-state index contributed by atoms with van der Waals surface area (Å²) in [4.78, 5) is 2.74. The van der Waals surface area contributed by atoms with Crippen LogP contribution in [0.5, 0.6) is 0 Å². The van der Waals surface area contributed by atoms with Crippen LogP contribution in [0.25, 0.3) is 0 Å². The maximum absolute atomic E-state index is 3.64. The van der Waals surface area contributed by atoms with Gasteiger partial charge in [0, 0.05) is 36.7 Å². The Morgan fingerprint density at radius 3 is 2.56 bits per heavy atom. The third-order valence-electron chi connectivity index (χ3n) is 4.40.